The zero-order valence-corrected chi connectivity index (χ0v) is 10.5. The van der Waals surface area contributed by atoms with Gasteiger partial charge >= 0.3 is 0 Å². The number of hydrogen-bond donors (Lipinski definition) is 1. The molecule has 1 heteroatoms. The first-order valence-electron chi connectivity index (χ1n) is 6.54. The van der Waals surface area contributed by atoms with Crippen LogP contribution in [0.1, 0.15) is 44.1 Å². The molecule has 1 aromatic rings. The lowest BCUT2D eigenvalue weighted by molar-refractivity contribution is 0.305. The van der Waals surface area contributed by atoms with Crippen molar-refractivity contribution in [2.45, 2.75) is 44.9 Å². The summed E-state index contributed by atoms with van der Waals surface area (Å²) in [5, 5.41) is 8.54. The minimum atomic E-state index is 0.185. The van der Waals surface area contributed by atoms with E-state index in [2.05, 4.69) is 42.2 Å². The molecule has 0 aliphatic rings. The van der Waals surface area contributed by atoms with E-state index in [4.69, 9.17) is 5.11 Å². The van der Waals surface area contributed by atoms with E-state index in [1.54, 1.807) is 0 Å². The Balaban J connectivity index is 1.94. The lowest BCUT2D eigenvalue weighted by Gasteiger charge is -2.00. The molecule has 0 unspecified atom stereocenters. The van der Waals surface area contributed by atoms with E-state index in [0.717, 1.165) is 6.42 Å². The van der Waals surface area contributed by atoms with Gasteiger partial charge in [0.1, 0.15) is 0 Å². The molecule has 17 heavy (non-hydrogen) atoms. The fourth-order valence-corrected chi connectivity index (χ4v) is 1.77. The number of unbranched alkanes of at least 4 members (excludes halogenated alkanes) is 4. The number of aliphatic hydroxyl groups excluding tert-OH is 1. The maximum Gasteiger partial charge on any atom is 0.0540 e. The number of aryl methyl sites for hydroxylation is 1. The summed E-state index contributed by atoms with van der Waals surface area (Å²) in [7, 11) is 0. The summed E-state index contributed by atoms with van der Waals surface area (Å²) in [6.45, 7) is 0.185. The average molecular weight is 230 g/mol. The normalized spacial score (nSPS) is 9.71. The molecular weight excluding hydrogens is 208 g/mol. The Morgan fingerprint density at radius 2 is 1.53 bits per heavy atom. The smallest absolute Gasteiger partial charge is 0.0540 e. The van der Waals surface area contributed by atoms with Crippen LogP contribution in [-0.4, -0.2) is 11.7 Å². The standard InChI is InChI=1S/C16H22O/c17-15-11-6-4-2-1-3-5-8-12-16-13-9-7-10-14-16/h7,9-10,13-14,17H,1-3,5,8,11-12,15H2. The number of hydrogen-bond acceptors (Lipinski definition) is 1. The second kappa shape index (κ2) is 9.93. The monoisotopic (exact) mass is 230 g/mol. The van der Waals surface area contributed by atoms with Crippen molar-refractivity contribution in [3.05, 3.63) is 35.9 Å². The zero-order chi connectivity index (χ0) is 12.2. The molecule has 0 aliphatic heterocycles. The van der Waals surface area contributed by atoms with Crippen LogP contribution in [-0.2, 0) is 6.42 Å². The molecule has 0 spiro atoms. The van der Waals surface area contributed by atoms with E-state index in [9.17, 15) is 0 Å². The fraction of sp³-hybridized carbons (Fsp3) is 0.500. The van der Waals surface area contributed by atoms with E-state index >= 15 is 0 Å². The van der Waals surface area contributed by atoms with E-state index < -0.39 is 0 Å². The van der Waals surface area contributed by atoms with Gasteiger partial charge in [-0.15, -0.1) is 11.8 Å². The summed E-state index contributed by atoms with van der Waals surface area (Å²) in [4.78, 5) is 0. The molecule has 0 atom stereocenters. The van der Waals surface area contributed by atoms with Gasteiger partial charge in [-0.2, -0.15) is 0 Å². The van der Waals surface area contributed by atoms with Crippen LogP contribution < -0.4 is 0 Å². The van der Waals surface area contributed by atoms with Gasteiger partial charge in [0.25, 0.3) is 0 Å². The van der Waals surface area contributed by atoms with Crippen LogP contribution in [0.2, 0.25) is 0 Å². The van der Waals surface area contributed by atoms with Crippen LogP contribution in [0.4, 0.5) is 0 Å². The fourth-order valence-electron chi connectivity index (χ4n) is 1.77. The Hall–Kier alpha value is -1.26. The molecule has 0 heterocycles. The summed E-state index contributed by atoms with van der Waals surface area (Å²) >= 11 is 0. The second-order valence-electron chi connectivity index (χ2n) is 4.23. The van der Waals surface area contributed by atoms with Crippen LogP contribution in [0.25, 0.3) is 0 Å². The van der Waals surface area contributed by atoms with Crippen LogP contribution in [0, 0.1) is 11.8 Å². The highest BCUT2D eigenvalue weighted by atomic mass is 16.2. The molecule has 1 rings (SSSR count). The van der Waals surface area contributed by atoms with Crippen LogP contribution in [0.5, 0.6) is 0 Å². The summed E-state index contributed by atoms with van der Waals surface area (Å²) < 4.78 is 0. The van der Waals surface area contributed by atoms with E-state index in [1.165, 1.54) is 37.7 Å². The van der Waals surface area contributed by atoms with Gasteiger partial charge in [0.15, 0.2) is 0 Å². The molecular formula is C16H22O. The third-order valence-electron chi connectivity index (χ3n) is 2.72. The van der Waals surface area contributed by atoms with E-state index in [-0.39, 0.29) is 6.61 Å². The predicted octanol–water partition coefficient (Wildman–Crippen LogP) is 3.57. The molecule has 0 amide bonds. The van der Waals surface area contributed by atoms with E-state index in [0.29, 0.717) is 6.42 Å². The molecule has 0 bridgehead atoms. The minimum Gasteiger partial charge on any atom is -0.395 e. The maximum atomic E-state index is 8.54. The Kier molecular flexibility index (Phi) is 8.06. The SMILES string of the molecule is OCCC#CCCCCCCc1ccccc1. The number of benzene rings is 1. The van der Waals surface area contributed by atoms with Gasteiger partial charge in [-0.3, -0.25) is 0 Å². The highest BCUT2D eigenvalue weighted by molar-refractivity contribution is 5.14. The van der Waals surface area contributed by atoms with Gasteiger partial charge in [0, 0.05) is 12.8 Å². The van der Waals surface area contributed by atoms with Gasteiger partial charge < -0.3 is 5.11 Å². The van der Waals surface area contributed by atoms with Gasteiger partial charge in [0.2, 0.25) is 0 Å². The highest BCUT2D eigenvalue weighted by Gasteiger charge is 1.92. The predicted molar refractivity (Wildman–Crippen MR) is 72.7 cm³/mol. The van der Waals surface area contributed by atoms with Gasteiger partial charge in [0.05, 0.1) is 6.61 Å². The van der Waals surface area contributed by atoms with Crippen LogP contribution in [0.3, 0.4) is 0 Å². The van der Waals surface area contributed by atoms with Crippen molar-refractivity contribution < 1.29 is 5.11 Å². The average Bonchev–Trinajstić information content (AvgIpc) is 2.38. The molecule has 0 saturated carbocycles. The van der Waals surface area contributed by atoms with Crippen molar-refractivity contribution in [3.8, 4) is 11.8 Å². The molecule has 0 saturated heterocycles. The quantitative estimate of drug-likeness (QED) is 0.561. The maximum absolute atomic E-state index is 8.54. The van der Waals surface area contributed by atoms with Crippen molar-refractivity contribution in [1.29, 1.82) is 0 Å². The third kappa shape index (κ3) is 7.60. The lowest BCUT2D eigenvalue weighted by atomic mass is 10.1. The molecule has 1 N–H and O–H groups in total. The molecule has 0 aromatic heterocycles. The van der Waals surface area contributed by atoms with Gasteiger partial charge in [-0.05, 0) is 24.8 Å². The summed E-state index contributed by atoms with van der Waals surface area (Å²) in [5.74, 6) is 6.04. The van der Waals surface area contributed by atoms with Crippen molar-refractivity contribution in [2.75, 3.05) is 6.61 Å². The Morgan fingerprint density at radius 1 is 0.824 bits per heavy atom. The Labute approximate surface area is 105 Å². The summed E-state index contributed by atoms with van der Waals surface area (Å²) in [5.41, 5.74) is 1.44. The molecule has 0 radical (unpaired) electrons. The third-order valence-corrected chi connectivity index (χ3v) is 2.72. The van der Waals surface area contributed by atoms with Crippen LogP contribution >= 0.6 is 0 Å². The Bertz CT molecular complexity index is 332. The zero-order valence-electron chi connectivity index (χ0n) is 10.5. The lowest BCUT2D eigenvalue weighted by Crippen LogP contribution is -1.85. The molecule has 0 fully saturated rings. The molecule has 1 aromatic carbocycles. The molecule has 92 valence electrons. The number of aliphatic hydroxyl groups is 1. The number of rotatable bonds is 7. The molecule has 1 nitrogen and oxygen atoms in total. The van der Waals surface area contributed by atoms with Crippen molar-refractivity contribution in [1.82, 2.24) is 0 Å². The van der Waals surface area contributed by atoms with Gasteiger partial charge in [-0.25, -0.2) is 0 Å². The van der Waals surface area contributed by atoms with Crippen LogP contribution in [0.15, 0.2) is 30.3 Å². The first-order valence-corrected chi connectivity index (χ1v) is 6.54. The van der Waals surface area contributed by atoms with Crippen molar-refractivity contribution >= 4 is 0 Å². The molecule has 0 aliphatic carbocycles. The first kappa shape index (κ1) is 13.8. The summed E-state index contributed by atoms with van der Waals surface area (Å²) in [6.07, 6.45) is 7.80. The van der Waals surface area contributed by atoms with E-state index in [1.807, 2.05) is 0 Å². The summed E-state index contributed by atoms with van der Waals surface area (Å²) in [6, 6.07) is 10.7. The minimum absolute atomic E-state index is 0.185. The first-order chi connectivity index (χ1) is 8.43. The highest BCUT2D eigenvalue weighted by Crippen LogP contribution is 2.08. The van der Waals surface area contributed by atoms with Gasteiger partial charge in [-0.1, -0.05) is 43.2 Å². The van der Waals surface area contributed by atoms with Crippen molar-refractivity contribution in [3.63, 3.8) is 0 Å². The topological polar surface area (TPSA) is 20.2 Å². The Morgan fingerprint density at radius 3 is 2.29 bits per heavy atom. The largest absolute Gasteiger partial charge is 0.395 e. The van der Waals surface area contributed by atoms with Crippen molar-refractivity contribution in [2.24, 2.45) is 0 Å². The second-order valence-corrected chi connectivity index (χ2v) is 4.23.